The number of hydrogen-bond acceptors (Lipinski definition) is 2. The number of aromatic amines is 1. The molecule has 1 aromatic heterocycles. The zero-order valence-electron chi connectivity index (χ0n) is 10.8. The van der Waals surface area contributed by atoms with Crippen molar-refractivity contribution < 1.29 is 4.74 Å². The molecule has 1 aromatic rings. The van der Waals surface area contributed by atoms with E-state index in [4.69, 9.17) is 9.72 Å². The molecular weight excluding hydrogens is 212 g/mol. The van der Waals surface area contributed by atoms with Gasteiger partial charge < -0.3 is 9.72 Å². The minimum Gasteiger partial charge on any atom is -0.381 e. The molecule has 3 rings (SSSR count). The summed E-state index contributed by atoms with van der Waals surface area (Å²) < 4.78 is 5.42. The Kier molecular flexibility index (Phi) is 2.95. The van der Waals surface area contributed by atoms with E-state index in [1.165, 1.54) is 23.6 Å². The van der Waals surface area contributed by atoms with Crippen molar-refractivity contribution in [3.63, 3.8) is 0 Å². The van der Waals surface area contributed by atoms with Crippen LogP contribution < -0.4 is 0 Å². The highest BCUT2D eigenvalue weighted by atomic mass is 16.5. The van der Waals surface area contributed by atoms with Crippen LogP contribution in [0.3, 0.4) is 0 Å². The average molecular weight is 234 g/mol. The van der Waals surface area contributed by atoms with E-state index in [0.717, 1.165) is 44.3 Å². The molecule has 1 fully saturated rings. The van der Waals surface area contributed by atoms with Gasteiger partial charge in [-0.15, -0.1) is 0 Å². The number of rotatable bonds is 1. The molecule has 0 spiro atoms. The summed E-state index contributed by atoms with van der Waals surface area (Å²) in [5, 5.41) is 0. The summed E-state index contributed by atoms with van der Waals surface area (Å²) in [4.78, 5) is 8.44. The molecule has 0 bridgehead atoms. The van der Waals surface area contributed by atoms with Crippen LogP contribution in [0.2, 0.25) is 0 Å². The van der Waals surface area contributed by atoms with Gasteiger partial charge >= 0.3 is 0 Å². The molecule has 2 aliphatic rings. The predicted octanol–water partition coefficient (Wildman–Crippen LogP) is 2.67. The molecule has 1 saturated heterocycles. The first kappa shape index (κ1) is 11.3. The summed E-state index contributed by atoms with van der Waals surface area (Å²) >= 11 is 0. The van der Waals surface area contributed by atoms with Crippen molar-refractivity contribution in [3.8, 4) is 0 Å². The highest BCUT2D eigenvalue weighted by molar-refractivity contribution is 5.21. The van der Waals surface area contributed by atoms with Crippen LogP contribution in [0.25, 0.3) is 0 Å². The second-order valence-corrected chi connectivity index (χ2v) is 5.80. The van der Waals surface area contributed by atoms with Gasteiger partial charge in [0.05, 0.1) is 5.69 Å². The van der Waals surface area contributed by atoms with Crippen LogP contribution in [0.15, 0.2) is 0 Å². The minimum atomic E-state index is 0.597. The van der Waals surface area contributed by atoms with Gasteiger partial charge in [-0.3, -0.25) is 0 Å². The van der Waals surface area contributed by atoms with Crippen molar-refractivity contribution in [2.24, 2.45) is 11.8 Å². The van der Waals surface area contributed by atoms with Crippen molar-refractivity contribution in [3.05, 3.63) is 17.2 Å². The summed E-state index contributed by atoms with van der Waals surface area (Å²) in [5.41, 5.74) is 2.73. The summed E-state index contributed by atoms with van der Waals surface area (Å²) in [5.74, 6) is 3.37. The Balaban J connectivity index is 1.81. The first-order valence-electron chi connectivity index (χ1n) is 6.89. The third kappa shape index (κ3) is 2.13. The van der Waals surface area contributed by atoms with E-state index in [1.807, 2.05) is 0 Å². The Morgan fingerprint density at radius 2 is 1.82 bits per heavy atom. The predicted molar refractivity (Wildman–Crippen MR) is 67.1 cm³/mol. The Morgan fingerprint density at radius 1 is 1.12 bits per heavy atom. The van der Waals surface area contributed by atoms with Crippen molar-refractivity contribution >= 4 is 0 Å². The van der Waals surface area contributed by atoms with Crippen LogP contribution in [0.1, 0.15) is 49.8 Å². The van der Waals surface area contributed by atoms with Gasteiger partial charge in [0.15, 0.2) is 0 Å². The van der Waals surface area contributed by atoms with Crippen molar-refractivity contribution in [1.29, 1.82) is 0 Å². The van der Waals surface area contributed by atoms with E-state index in [9.17, 15) is 0 Å². The number of imidazole rings is 1. The molecule has 2 heterocycles. The maximum absolute atomic E-state index is 5.42. The molecule has 2 atom stereocenters. The van der Waals surface area contributed by atoms with Gasteiger partial charge in [0.25, 0.3) is 0 Å². The maximum Gasteiger partial charge on any atom is 0.109 e. The summed E-state index contributed by atoms with van der Waals surface area (Å²) in [7, 11) is 0. The second kappa shape index (κ2) is 4.45. The lowest BCUT2D eigenvalue weighted by atomic mass is 9.82. The number of H-pyrrole nitrogens is 1. The smallest absolute Gasteiger partial charge is 0.109 e. The Hall–Kier alpha value is -0.830. The van der Waals surface area contributed by atoms with Crippen molar-refractivity contribution in [2.75, 3.05) is 13.2 Å². The minimum absolute atomic E-state index is 0.597. The molecular formula is C14H22N2O. The highest BCUT2D eigenvalue weighted by Crippen LogP contribution is 2.31. The number of nitrogens with one attached hydrogen (secondary N) is 1. The molecule has 94 valence electrons. The molecule has 2 unspecified atom stereocenters. The number of aromatic nitrogens is 2. The van der Waals surface area contributed by atoms with Crippen LogP contribution in [-0.2, 0) is 17.6 Å². The highest BCUT2D eigenvalue weighted by Gasteiger charge is 2.27. The molecule has 1 aliphatic heterocycles. The molecule has 1 aliphatic carbocycles. The summed E-state index contributed by atoms with van der Waals surface area (Å²) in [6, 6.07) is 0. The van der Waals surface area contributed by atoms with Crippen LogP contribution in [-0.4, -0.2) is 23.2 Å². The van der Waals surface area contributed by atoms with Crippen LogP contribution in [0.4, 0.5) is 0 Å². The number of nitrogens with zero attached hydrogens (tertiary/aromatic N) is 1. The van der Waals surface area contributed by atoms with Gasteiger partial charge in [-0.1, -0.05) is 13.8 Å². The van der Waals surface area contributed by atoms with E-state index in [2.05, 4.69) is 18.8 Å². The number of ether oxygens (including phenoxy) is 1. The fourth-order valence-corrected chi connectivity index (χ4v) is 3.00. The first-order valence-corrected chi connectivity index (χ1v) is 6.89. The van der Waals surface area contributed by atoms with E-state index < -0.39 is 0 Å². The normalized spacial score (nSPS) is 30.2. The average Bonchev–Trinajstić information content (AvgIpc) is 2.74. The molecule has 0 radical (unpaired) electrons. The fraction of sp³-hybridized carbons (Fsp3) is 0.786. The Bertz CT molecular complexity index is 365. The van der Waals surface area contributed by atoms with Crippen LogP contribution >= 0.6 is 0 Å². The van der Waals surface area contributed by atoms with Gasteiger partial charge in [-0.05, 0) is 37.5 Å². The van der Waals surface area contributed by atoms with Gasteiger partial charge in [-0.2, -0.15) is 0 Å². The lowest BCUT2D eigenvalue weighted by Gasteiger charge is -2.24. The number of hydrogen-bond donors (Lipinski definition) is 1. The molecule has 3 nitrogen and oxygen atoms in total. The second-order valence-electron chi connectivity index (χ2n) is 5.80. The van der Waals surface area contributed by atoms with E-state index in [0.29, 0.717) is 5.92 Å². The van der Waals surface area contributed by atoms with Crippen molar-refractivity contribution in [1.82, 2.24) is 9.97 Å². The molecule has 0 aromatic carbocycles. The van der Waals surface area contributed by atoms with Crippen LogP contribution in [0, 0.1) is 11.8 Å². The van der Waals surface area contributed by atoms with Gasteiger partial charge in [0, 0.05) is 24.8 Å². The lowest BCUT2D eigenvalue weighted by Crippen LogP contribution is -2.20. The SMILES string of the molecule is CC1Cc2nc(C3CCOCC3)[nH]c2CC1C. The molecule has 17 heavy (non-hydrogen) atoms. The largest absolute Gasteiger partial charge is 0.381 e. The van der Waals surface area contributed by atoms with E-state index in [1.54, 1.807) is 0 Å². The molecule has 3 heteroatoms. The maximum atomic E-state index is 5.42. The third-order valence-electron chi connectivity index (χ3n) is 4.50. The third-order valence-corrected chi connectivity index (χ3v) is 4.50. The molecule has 0 saturated carbocycles. The lowest BCUT2D eigenvalue weighted by molar-refractivity contribution is 0.0837. The Morgan fingerprint density at radius 3 is 2.59 bits per heavy atom. The Labute approximate surface area is 103 Å². The summed E-state index contributed by atoms with van der Waals surface area (Å²) in [6.07, 6.45) is 4.57. The first-order chi connectivity index (χ1) is 8.24. The fourth-order valence-electron chi connectivity index (χ4n) is 3.00. The van der Waals surface area contributed by atoms with E-state index >= 15 is 0 Å². The monoisotopic (exact) mass is 234 g/mol. The zero-order valence-corrected chi connectivity index (χ0v) is 10.8. The van der Waals surface area contributed by atoms with Gasteiger partial charge in [0.2, 0.25) is 0 Å². The van der Waals surface area contributed by atoms with Crippen molar-refractivity contribution in [2.45, 2.75) is 45.4 Å². The zero-order chi connectivity index (χ0) is 11.8. The standard InChI is InChI=1S/C14H22N2O/c1-9-7-12-13(8-10(9)2)16-14(15-12)11-3-5-17-6-4-11/h9-11H,3-8H2,1-2H3,(H,15,16). The topological polar surface area (TPSA) is 37.9 Å². The van der Waals surface area contributed by atoms with Crippen LogP contribution in [0.5, 0.6) is 0 Å². The molecule has 0 amide bonds. The quantitative estimate of drug-likeness (QED) is 0.811. The number of fused-ring (bicyclic) bond motifs is 1. The van der Waals surface area contributed by atoms with Gasteiger partial charge in [0.1, 0.15) is 5.82 Å². The summed E-state index contributed by atoms with van der Waals surface area (Å²) in [6.45, 7) is 6.48. The van der Waals surface area contributed by atoms with E-state index in [-0.39, 0.29) is 0 Å². The van der Waals surface area contributed by atoms with Gasteiger partial charge in [-0.25, -0.2) is 4.98 Å². The molecule has 1 N–H and O–H groups in total.